The van der Waals surface area contributed by atoms with Gasteiger partial charge >= 0.3 is 0 Å². The van der Waals surface area contributed by atoms with Crippen LogP contribution in [-0.2, 0) is 7.05 Å². The molecule has 0 fully saturated rings. The molecular formula is C16H14FN3. The summed E-state index contributed by atoms with van der Waals surface area (Å²) in [7, 11) is 1.72. The summed E-state index contributed by atoms with van der Waals surface area (Å²) in [5.41, 5.74) is 5.17. The predicted molar refractivity (Wildman–Crippen MR) is 78.8 cm³/mol. The van der Waals surface area contributed by atoms with Crippen molar-refractivity contribution in [2.75, 3.05) is 5.54 Å². The maximum atomic E-state index is 13.2. The Morgan fingerprint density at radius 2 is 1.45 bits per heavy atom. The zero-order valence-corrected chi connectivity index (χ0v) is 11.0. The van der Waals surface area contributed by atoms with Crippen molar-refractivity contribution in [1.82, 2.24) is 9.78 Å². The lowest BCUT2D eigenvalue weighted by Crippen LogP contribution is -1.96. The molecule has 20 heavy (non-hydrogen) atoms. The smallest absolute Gasteiger partial charge is 0.161 e. The van der Waals surface area contributed by atoms with Crippen LogP contribution in [0.25, 0.3) is 22.4 Å². The minimum Gasteiger partial charge on any atom is -0.250 e. The number of nitrogens with one attached hydrogen (secondary N) is 1. The normalized spacial score (nSPS) is 10.5. The predicted octanol–water partition coefficient (Wildman–Crippen LogP) is 4.05. The van der Waals surface area contributed by atoms with Crippen LogP contribution in [0.2, 0.25) is 0 Å². The van der Waals surface area contributed by atoms with Gasteiger partial charge in [-0.15, -0.1) is 4.48 Å². The fourth-order valence-corrected chi connectivity index (χ4v) is 2.31. The Balaban J connectivity index is 2.26. The number of rotatable bonds is 3. The molecule has 0 unspecified atom stereocenters. The molecule has 3 nitrogen and oxygen atoms in total. The van der Waals surface area contributed by atoms with Gasteiger partial charge in [-0.25, -0.2) is 10.2 Å². The van der Waals surface area contributed by atoms with E-state index in [1.54, 1.807) is 12.6 Å². The van der Waals surface area contributed by atoms with Gasteiger partial charge in [-0.2, -0.15) is 5.10 Å². The first-order chi connectivity index (χ1) is 9.81. The average molecular weight is 267 g/mol. The molecule has 3 rings (SSSR count). The first-order valence-electron chi connectivity index (χ1n) is 6.35. The Morgan fingerprint density at radius 1 is 0.900 bits per heavy atom. The van der Waals surface area contributed by atoms with Crippen molar-refractivity contribution in [3.63, 3.8) is 0 Å². The number of benzene rings is 2. The average Bonchev–Trinajstić information content (AvgIpc) is 2.85. The Labute approximate surface area is 116 Å². The third-order valence-corrected chi connectivity index (χ3v) is 3.25. The van der Waals surface area contributed by atoms with E-state index < -0.39 is 0 Å². The maximum Gasteiger partial charge on any atom is 0.161 e. The lowest BCUT2D eigenvalue weighted by Gasteiger charge is -2.05. The largest absolute Gasteiger partial charge is 0.250 e. The Hall–Kier alpha value is -2.62. The lowest BCUT2D eigenvalue weighted by atomic mass is 10.0. The number of anilines is 1. The first kappa shape index (κ1) is 12.4. The minimum absolute atomic E-state index is 0.357. The highest BCUT2D eigenvalue weighted by Crippen LogP contribution is 2.37. The van der Waals surface area contributed by atoms with Gasteiger partial charge in [-0.1, -0.05) is 60.7 Å². The Kier molecular flexibility index (Phi) is 3.21. The van der Waals surface area contributed by atoms with Gasteiger partial charge in [0.2, 0.25) is 0 Å². The van der Waals surface area contributed by atoms with Crippen molar-refractivity contribution >= 4 is 5.82 Å². The van der Waals surface area contributed by atoms with Crippen LogP contribution in [-0.4, -0.2) is 9.78 Å². The fourth-order valence-electron chi connectivity index (χ4n) is 2.31. The number of hydrogen-bond donors (Lipinski definition) is 1. The molecule has 0 saturated heterocycles. The van der Waals surface area contributed by atoms with Crippen LogP contribution in [0.5, 0.6) is 0 Å². The third kappa shape index (κ3) is 2.05. The summed E-state index contributed by atoms with van der Waals surface area (Å²) in [5, 5.41) is 4.44. The number of nitrogens with zero attached hydrogens (tertiary/aromatic N) is 2. The van der Waals surface area contributed by atoms with E-state index in [2.05, 4.69) is 5.10 Å². The summed E-state index contributed by atoms with van der Waals surface area (Å²) in [6, 6.07) is 19.5. The van der Waals surface area contributed by atoms with Gasteiger partial charge in [0, 0.05) is 12.6 Å². The lowest BCUT2D eigenvalue weighted by molar-refractivity contribution is 0.594. The van der Waals surface area contributed by atoms with Crippen molar-refractivity contribution < 1.29 is 4.48 Å². The van der Waals surface area contributed by atoms with E-state index in [1.165, 1.54) is 4.68 Å². The van der Waals surface area contributed by atoms with Crippen molar-refractivity contribution in [2.45, 2.75) is 0 Å². The van der Waals surface area contributed by atoms with Crippen LogP contribution >= 0.6 is 0 Å². The summed E-state index contributed by atoms with van der Waals surface area (Å²) in [6.45, 7) is 0. The van der Waals surface area contributed by atoms with Crippen LogP contribution in [0.1, 0.15) is 0 Å². The molecule has 4 heteroatoms. The molecule has 0 saturated carbocycles. The van der Waals surface area contributed by atoms with Gasteiger partial charge < -0.3 is 0 Å². The van der Waals surface area contributed by atoms with Gasteiger partial charge in [-0.05, 0) is 5.56 Å². The van der Waals surface area contributed by atoms with Crippen molar-refractivity contribution in [1.29, 1.82) is 0 Å². The number of halogens is 1. The molecular weight excluding hydrogens is 253 g/mol. The van der Waals surface area contributed by atoms with Gasteiger partial charge in [0.25, 0.3) is 0 Å². The third-order valence-electron chi connectivity index (χ3n) is 3.25. The molecule has 0 spiro atoms. The molecule has 1 N–H and O–H groups in total. The molecule has 0 atom stereocenters. The van der Waals surface area contributed by atoms with Crippen LogP contribution in [0.15, 0.2) is 60.7 Å². The molecule has 2 aromatic carbocycles. The highest BCUT2D eigenvalue weighted by atomic mass is 19.2. The molecule has 1 aromatic heterocycles. The molecule has 1 heterocycles. The SMILES string of the molecule is Cn1nc(-c2ccccc2)c(-c2ccccc2)c1NF. The number of aryl methyl sites for hydroxylation is 1. The summed E-state index contributed by atoms with van der Waals surface area (Å²) in [5.74, 6) is 0.357. The van der Waals surface area contributed by atoms with E-state index in [9.17, 15) is 4.48 Å². The van der Waals surface area contributed by atoms with Crippen LogP contribution in [0, 0.1) is 0 Å². The van der Waals surface area contributed by atoms with Crippen molar-refractivity contribution in [3.8, 4) is 22.4 Å². The zero-order valence-electron chi connectivity index (χ0n) is 11.0. The first-order valence-corrected chi connectivity index (χ1v) is 6.35. The van der Waals surface area contributed by atoms with E-state index >= 15 is 0 Å². The summed E-state index contributed by atoms with van der Waals surface area (Å²) in [6.07, 6.45) is 0. The molecule has 0 radical (unpaired) electrons. The fraction of sp³-hybridized carbons (Fsp3) is 0.0625. The quantitative estimate of drug-likeness (QED) is 0.725. The van der Waals surface area contributed by atoms with E-state index in [0.717, 1.165) is 22.4 Å². The molecule has 3 aromatic rings. The van der Waals surface area contributed by atoms with Gasteiger partial charge in [0.05, 0.1) is 5.56 Å². The standard InChI is InChI=1S/C16H14FN3/c1-20-16(18-17)14(12-8-4-2-5-9-12)15(19-20)13-10-6-3-7-11-13/h2-11,18H,1H3. The van der Waals surface area contributed by atoms with Gasteiger partial charge in [0.15, 0.2) is 5.82 Å². The van der Waals surface area contributed by atoms with E-state index in [-0.39, 0.29) is 0 Å². The topological polar surface area (TPSA) is 29.9 Å². The van der Waals surface area contributed by atoms with E-state index in [0.29, 0.717) is 5.82 Å². The van der Waals surface area contributed by atoms with Crippen LogP contribution in [0.4, 0.5) is 10.3 Å². The summed E-state index contributed by atoms with van der Waals surface area (Å²) in [4.78, 5) is 0. The second-order valence-corrected chi connectivity index (χ2v) is 4.52. The minimum atomic E-state index is 0.357. The van der Waals surface area contributed by atoms with Crippen molar-refractivity contribution in [2.24, 2.45) is 7.05 Å². The highest BCUT2D eigenvalue weighted by Gasteiger charge is 2.18. The van der Waals surface area contributed by atoms with Crippen molar-refractivity contribution in [3.05, 3.63) is 60.7 Å². The molecule has 0 aliphatic carbocycles. The maximum absolute atomic E-state index is 13.2. The molecule has 0 aliphatic heterocycles. The molecule has 0 bridgehead atoms. The van der Waals surface area contributed by atoms with Gasteiger partial charge in [0.1, 0.15) is 5.69 Å². The Morgan fingerprint density at radius 3 is 2.00 bits per heavy atom. The van der Waals surface area contributed by atoms with E-state index in [1.807, 2.05) is 60.7 Å². The summed E-state index contributed by atoms with van der Waals surface area (Å²) >= 11 is 0. The number of aromatic nitrogens is 2. The van der Waals surface area contributed by atoms with Crippen LogP contribution in [0.3, 0.4) is 0 Å². The second-order valence-electron chi connectivity index (χ2n) is 4.52. The monoisotopic (exact) mass is 267 g/mol. The highest BCUT2D eigenvalue weighted by molar-refractivity contribution is 5.88. The zero-order chi connectivity index (χ0) is 13.9. The number of hydrogen-bond acceptors (Lipinski definition) is 2. The van der Waals surface area contributed by atoms with E-state index in [4.69, 9.17) is 0 Å². The van der Waals surface area contributed by atoms with Gasteiger partial charge in [-0.3, -0.25) is 0 Å². The molecule has 0 amide bonds. The molecule has 100 valence electrons. The second kappa shape index (κ2) is 5.17. The summed E-state index contributed by atoms with van der Waals surface area (Å²) < 4.78 is 14.7. The molecule has 0 aliphatic rings. The Bertz CT molecular complexity index is 705. The van der Waals surface area contributed by atoms with Crippen LogP contribution < -0.4 is 5.54 Å².